The summed E-state index contributed by atoms with van der Waals surface area (Å²) < 4.78 is 5.47. The van der Waals surface area contributed by atoms with Crippen LogP contribution in [0.2, 0.25) is 0 Å². The third kappa shape index (κ3) is 7.52. The third-order valence-electron chi connectivity index (χ3n) is 5.73. The van der Waals surface area contributed by atoms with Crippen molar-refractivity contribution in [3.05, 3.63) is 35.9 Å². The molecule has 0 aromatic heterocycles. The van der Waals surface area contributed by atoms with Crippen molar-refractivity contribution in [1.82, 2.24) is 15.5 Å². The molecule has 0 radical (unpaired) electrons. The molecule has 2 aliphatic rings. The Morgan fingerprint density at radius 2 is 1.97 bits per heavy atom. The van der Waals surface area contributed by atoms with Crippen molar-refractivity contribution in [2.75, 3.05) is 18.1 Å². The first-order valence-corrected chi connectivity index (χ1v) is 13.2. The SMILES string of the molecule is CC(C)(C)NC(=O)[C@@H]1C[C@H](Cl)CN1C(=O)[C@@H](O)[C@H](Cc1ccccc1)NC(=O)OC1CCSC1. The Morgan fingerprint density at radius 1 is 1.26 bits per heavy atom. The minimum atomic E-state index is -1.57. The second kappa shape index (κ2) is 11.6. The van der Waals surface area contributed by atoms with Gasteiger partial charge < -0.3 is 25.4 Å². The zero-order valence-electron chi connectivity index (χ0n) is 19.8. The Hall–Kier alpha value is -1.97. The summed E-state index contributed by atoms with van der Waals surface area (Å²) in [4.78, 5) is 40.1. The van der Waals surface area contributed by atoms with E-state index in [1.807, 2.05) is 51.1 Å². The van der Waals surface area contributed by atoms with E-state index in [1.165, 1.54) is 4.90 Å². The lowest BCUT2D eigenvalue weighted by Crippen LogP contribution is -2.57. The van der Waals surface area contributed by atoms with E-state index in [9.17, 15) is 19.5 Å². The predicted octanol–water partition coefficient (Wildman–Crippen LogP) is 2.31. The number of hydrogen-bond acceptors (Lipinski definition) is 6. The highest BCUT2D eigenvalue weighted by Gasteiger charge is 2.43. The molecule has 3 rings (SSSR count). The van der Waals surface area contributed by atoms with Crippen molar-refractivity contribution >= 4 is 41.3 Å². The fourth-order valence-corrected chi connectivity index (χ4v) is 5.54. The molecule has 10 heteroatoms. The highest BCUT2D eigenvalue weighted by molar-refractivity contribution is 7.99. The molecule has 0 bridgehead atoms. The van der Waals surface area contributed by atoms with E-state index in [0.717, 1.165) is 23.5 Å². The molecule has 1 aromatic carbocycles. The molecule has 2 fully saturated rings. The molecule has 2 saturated heterocycles. The van der Waals surface area contributed by atoms with Crippen LogP contribution in [0.1, 0.15) is 39.2 Å². The lowest BCUT2D eigenvalue weighted by Gasteiger charge is -2.31. The van der Waals surface area contributed by atoms with E-state index in [4.69, 9.17) is 16.3 Å². The van der Waals surface area contributed by atoms with Crippen LogP contribution < -0.4 is 10.6 Å². The molecule has 2 aliphatic heterocycles. The van der Waals surface area contributed by atoms with Gasteiger partial charge in [0.25, 0.3) is 5.91 Å². The molecule has 1 unspecified atom stereocenters. The molecule has 188 valence electrons. The standard InChI is InChI=1S/C24H34ClN3O5S/c1-24(2,3)27-21(30)19-12-16(25)13-28(19)22(31)20(29)18(11-15-7-5-4-6-8-15)26-23(32)33-17-9-10-34-14-17/h4-8,16-20,29H,9-14H2,1-3H3,(H,26,32)(H,27,30)/t16-,17?,18-,19-,20-/m0/s1. The summed E-state index contributed by atoms with van der Waals surface area (Å²) in [5.74, 6) is 0.698. The van der Waals surface area contributed by atoms with E-state index in [1.54, 1.807) is 11.8 Å². The molecular formula is C24H34ClN3O5S. The van der Waals surface area contributed by atoms with Gasteiger partial charge in [-0.25, -0.2) is 4.79 Å². The summed E-state index contributed by atoms with van der Waals surface area (Å²) in [6.07, 6.45) is -1.13. The van der Waals surface area contributed by atoms with E-state index >= 15 is 0 Å². The Kier molecular flexibility index (Phi) is 9.12. The molecule has 1 aromatic rings. The van der Waals surface area contributed by atoms with Crippen molar-refractivity contribution in [3.63, 3.8) is 0 Å². The van der Waals surface area contributed by atoms with Crippen molar-refractivity contribution in [2.45, 2.75) is 75.2 Å². The number of alkyl carbamates (subject to hydrolysis) is 1. The number of ether oxygens (including phenoxy) is 1. The summed E-state index contributed by atoms with van der Waals surface area (Å²) in [6, 6.07) is 7.55. The minimum absolute atomic E-state index is 0.140. The Labute approximate surface area is 210 Å². The van der Waals surface area contributed by atoms with Gasteiger partial charge in [0, 0.05) is 17.8 Å². The summed E-state index contributed by atoms with van der Waals surface area (Å²) in [7, 11) is 0. The Morgan fingerprint density at radius 3 is 2.59 bits per heavy atom. The van der Waals surface area contributed by atoms with Crippen LogP contribution >= 0.6 is 23.4 Å². The number of nitrogens with zero attached hydrogens (tertiary/aromatic N) is 1. The highest BCUT2D eigenvalue weighted by atomic mass is 35.5. The molecule has 5 atom stereocenters. The van der Waals surface area contributed by atoms with Gasteiger partial charge in [-0.15, -0.1) is 11.6 Å². The van der Waals surface area contributed by atoms with Gasteiger partial charge in [0.05, 0.1) is 11.4 Å². The smallest absolute Gasteiger partial charge is 0.407 e. The molecule has 0 saturated carbocycles. The molecule has 0 aliphatic carbocycles. The molecule has 3 amide bonds. The van der Waals surface area contributed by atoms with Crippen molar-refractivity contribution in [1.29, 1.82) is 0 Å². The number of alkyl halides is 1. The highest BCUT2D eigenvalue weighted by Crippen LogP contribution is 2.25. The first kappa shape index (κ1) is 26.6. The fourth-order valence-electron chi connectivity index (χ4n) is 4.12. The Balaban J connectivity index is 1.74. The van der Waals surface area contributed by atoms with Crippen molar-refractivity contribution < 1.29 is 24.2 Å². The van der Waals surface area contributed by atoms with E-state index in [0.29, 0.717) is 6.42 Å². The van der Waals surface area contributed by atoms with Gasteiger partial charge in [-0.2, -0.15) is 11.8 Å². The second-order valence-corrected chi connectivity index (χ2v) is 11.6. The van der Waals surface area contributed by atoms with Gasteiger partial charge >= 0.3 is 6.09 Å². The summed E-state index contributed by atoms with van der Waals surface area (Å²) in [6.45, 7) is 5.70. The van der Waals surface area contributed by atoms with Crippen LogP contribution in [-0.2, 0) is 20.7 Å². The lowest BCUT2D eigenvalue weighted by molar-refractivity contribution is -0.146. The van der Waals surface area contributed by atoms with E-state index < -0.39 is 41.1 Å². The maximum Gasteiger partial charge on any atom is 0.407 e. The number of amides is 3. The molecule has 0 spiro atoms. The zero-order valence-corrected chi connectivity index (χ0v) is 21.4. The Bertz CT molecular complexity index is 860. The zero-order chi connectivity index (χ0) is 24.9. The number of halogens is 1. The van der Waals surface area contributed by atoms with Crippen molar-refractivity contribution in [3.8, 4) is 0 Å². The number of aliphatic hydroxyl groups excluding tert-OH is 1. The molecule has 34 heavy (non-hydrogen) atoms. The summed E-state index contributed by atoms with van der Waals surface area (Å²) >= 11 is 8.02. The summed E-state index contributed by atoms with van der Waals surface area (Å²) in [5.41, 5.74) is 0.365. The van der Waals surface area contributed by atoms with Gasteiger partial charge in [0.1, 0.15) is 12.1 Å². The third-order valence-corrected chi connectivity index (χ3v) is 7.18. The van der Waals surface area contributed by atoms with Crippen LogP contribution in [0.15, 0.2) is 30.3 Å². The average Bonchev–Trinajstić information content (AvgIpc) is 3.41. The van der Waals surface area contributed by atoms with Crippen LogP contribution in [0.4, 0.5) is 4.79 Å². The predicted molar refractivity (Wildman–Crippen MR) is 133 cm³/mol. The number of likely N-dealkylation sites (tertiary alicyclic amines) is 1. The van der Waals surface area contributed by atoms with Gasteiger partial charge in [-0.1, -0.05) is 30.3 Å². The number of aliphatic hydroxyl groups is 1. The van der Waals surface area contributed by atoms with Gasteiger partial charge in [0.2, 0.25) is 5.91 Å². The number of benzene rings is 1. The normalized spacial score (nSPS) is 24.4. The van der Waals surface area contributed by atoms with Gasteiger partial charge in [0.15, 0.2) is 6.10 Å². The van der Waals surface area contributed by atoms with Crippen LogP contribution in [0.25, 0.3) is 0 Å². The maximum atomic E-state index is 13.4. The van der Waals surface area contributed by atoms with E-state index in [-0.39, 0.29) is 25.0 Å². The molecular weight excluding hydrogens is 478 g/mol. The van der Waals surface area contributed by atoms with Crippen molar-refractivity contribution in [2.24, 2.45) is 0 Å². The first-order chi connectivity index (χ1) is 16.0. The van der Waals surface area contributed by atoms with Crippen LogP contribution in [0.3, 0.4) is 0 Å². The number of carbonyl (C=O) groups is 3. The fraction of sp³-hybridized carbons (Fsp3) is 0.625. The lowest BCUT2D eigenvalue weighted by atomic mass is 10.00. The maximum absolute atomic E-state index is 13.4. The minimum Gasteiger partial charge on any atom is -0.445 e. The monoisotopic (exact) mass is 511 g/mol. The van der Waals surface area contributed by atoms with Crippen LogP contribution in [-0.4, -0.2) is 81.2 Å². The number of carbonyl (C=O) groups excluding carboxylic acids is 3. The van der Waals surface area contributed by atoms with Crippen LogP contribution in [0.5, 0.6) is 0 Å². The molecule has 2 heterocycles. The van der Waals surface area contributed by atoms with Gasteiger partial charge in [-0.05, 0) is 51.3 Å². The summed E-state index contributed by atoms with van der Waals surface area (Å²) in [5, 5.41) is 16.3. The number of nitrogens with one attached hydrogen (secondary N) is 2. The number of thioether (sulfide) groups is 1. The molecule has 8 nitrogen and oxygen atoms in total. The van der Waals surface area contributed by atoms with Crippen LogP contribution in [0, 0.1) is 0 Å². The number of hydrogen-bond donors (Lipinski definition) is 3. The van der Waals surface area contributed by atoms with E-state index in [2.05, 4.69) is 10.6 Å². The quantitative estimate of drug-likeness (QED) is 0.485. The second-order valence-electron chi connectivity index (χ2n) is 9.85. The molecule has 3 N–H and O–H groups in total. The largest absolute Gasteiger partial charge is 0.445 e. The topological polar surface area (TPSA) is 108 Å². The average molecular weight is 512 g/mol. The first-order valence-electron chi connectivity index (χ1n) is 11.6. The number of rotatable bonds is 7. The van der Waals surface area contributed by atoms with Gasteiger partial charge in [-0.3, -0.25) is 9.59 Å².